The third kappa shape index (κ3) is 3.76. The highest BCUT2D eigenvalue weighted by atomic mass is 32.2. The molecule has 0 atom stereocenters. The summed E-state index contributed by atoms with van der Waals surface area (Å²) < 4.78 is 66.0. The molecule has 4 N–H and O–H groups in total. The molecule has 0 spiro atoms. The zero-order valence-electron chi connectivity index (χ0n) is 15.9. The average molecular weight is 474 g/mol. The van der Waals surface area contributed by atoms with E-state index in [0.29, 0.717) is 0 Å². The molecular formula is C20H14N2O8S2. The first-order valence-corrected chi connectivity index (χ1v) is 11.7. The standard InChI is InChI=1S/C20H14N2O8S2/c23-16-10-18(32(28,29)30)11-5-1-3-7-13(11)19(16)22-21-15-9-17(31(25,26)27)12-6-2-4-8-14(12)20(15)24/h1-10,23-24H,(H,25,26,27)(H,28,29,30). The first kappa shape index (κ1) is 21.6. The number of phenolic OH excluding ortho intramolecular Hbond substituents is 2. The number of hydrogen-bond acceptors (Lipinski definition) is 8. The summed E-state index contributed by atoms with van der Waals surface area (Å²) in [6, 6.07) is 13.5. The van der Waals surface area contributed by atoms with Crippen molar-refractivity contribution in [1.82, 2.24) is 0 Å². The normalized spacial score (nSPS) is 12.7. The summed E-state index contributed by atoms with van der Waals surface area (Å²) in [6.45, 7) is 0. The number of aromatic hydroxyl groups is 2. The van der Waals surface area contributed by atoms with Gasteiger partial charge in [0.05, 0.1) is 0 Å². The SMILES string of the molecule is O=S(=O)(O)c1cc(N=Nc2c(O)cc(S(=O)(=O)O)c3ccccc23)c(O)c2ccccc12. The molecule has 12 heteroatoms. The van der Waals surface area contributed by atoms with Crippen molar-refractivity contribution in [2.24, 2.45) is 10.2 Å². The van der Waals surface area contributed by atoms with Gasteiger partial charge in [-0.15, -0.1) is 10.2 Å². The maximum atomic E-state index is 11.8. The van der Waals surface area contributed by atoms with Crippen LogP contribution in [0.3, 0.4) is 0 Å². The van der Waals surface area contributed by atoms with Crippen LogP contribution in [0.5, 0.6) is 11.5 Å². The lowest BCUT2D eigenvalue weighted by atomic mass is 10.1. The predicted molar refractivity (Wildman–Crippen MR) is 115 cm³/mol. The lowest BCUT2D eigenvalue weighted by Crippen LogP contribution is -1.99. The van der Waals surface area contributed by atoms with Gasteiger partial charge in [0, 0.05) is 27.6 Å². The summed E-state index contributed by atoms with van der Waals surface area (Å²) in [4.78, 5) is -1.04. The van der Waals surface area contributed by atoms with E-state index in [1.165, 1.54) is 36.4 Å². The Labute approximate surface area is 181 Å². The van der Waals surface area contributed by atoms with Gasteiger partial charge in [0.2, 0.25) is 0 Å². The van der Waals surface area contributed by atoms with Gasteiger partial charge < -0.3 is 10.2 Å². The van der Waals surface area contributed by atoms with E-state index < -0.39 is 41.5 Å². The Morgan fingerprint density at radius 2 is 1.09 bits per heavy atom. The van der Waals surface area contributed by atoms with Crippen LogP contribution in [-0.4, -0.2) is 36.2 Å². The number of nitrogens with zero attached hydrogens (tertiary/aromatic N) is 2. The second-order valence-corrected chi connectivity index (χ2v) is 9.51. The van der Waals surface area contributed by atoms with Crippen LogP contribution >= 0.6 is 0 Å². The van der Waals surface area contributed by atoms with Crippen molar-refractivity contribution in [2.45, 2.75) is 9.79 Å². The smallest absolute Gasteiger partial charge is 0.295 e. The zero-order valence-corrected chi connectivity index (χ0v) is 17.5. The molecule has 0 aliphatic heterocycles. The van der Waals surface area contributed by atoms with Gasteiger partial charge in [-0.3, -0.25) is 9.11 Å². The largest absolute Gasteiger partial charge is 0.506 e. The van der Waals surface area contributed by atoms with Crippen LogP contribution in [0.4, 0.5) is 11.4 Å². The number of fused-ring (bicyclic) bond motifs is 2. The van der Waals surface area contributed by atoms with Gasteiger partial charge in [-0.2, -0.15) is 16.8 Å². The van der Waals surface area contributed by atoms with Gasteiger partial charge in [0.15, 0.2) is 5.75 Å². The second kappa shape index (κ2) is 7.53. The van der Waals surface area contributed by atoms with E-state index in [9.17, 15) is 36.2 Å². The third-order valence-electron chi connectivity index (χ3n) is 4.73. The predicted octanol–water partition coefficient (Wildman–Crippen LogP) is 4.31. The molecule has 4 rings (SSSR count). The summed E-state index contributed by atoms with van der Waals surface area (Å²) in [6.07, 6.45) is 0. The highest BCUT2D eigenvalue weighted by molar-refractivity contribution is 7.86. The first-order chi connectivity index (χ1) is 15.0. The lowest BCUT2D eigenvalue weighted by Gasteiger charge is -2.10. The molecular weight excluding hydrogens is 460 g/mol. The molecule has 4 aromatic rings. The van der Waals surface area contributed by atoms with E-state index in [1.54, 1.807) is 12.1 Å². The third-order valence-corrected chi connectivity index (χ3v) is 6.52. The second-order valence-electron chi connectivity index (χ2n) is 6.73. The molecule has 32 heavy (non-hydrogen) atoms. The molecule has 4 aromatic carbocycles. The molecule has 0 bridgehead atoms. The van der Waals surface area contributed by atoms with E-state index in [2.05, 4.69) is 10.2 Å². The highest BCUT2D eigenvalue weighted by Crippen LogP contribution is 2.43. The van der Waals surface area contributed by atoms with Crippen molar-refractivity contribution in [3.63, 3.8) is 0 Å². The minimum Gasteiger partial charge on any atom is -0.506 e. The van der Waals surface area contributed by atoms with Crippen molar-refractivity contribution < 1.29 is 36.2 Å². The summed E-state index contributed by atoms with van der Waals surface area (Å²) in [5.41, 5.74) is -0.507. The number of rotatable bonds is 4. The minimum absolute atomic E-state index is 0.0584. The van der Waals surface area contributed by atoms with Crippen molar-refractivity contribution in [1.29, 1.82) is 0 Å². The van der Waals surface area contributed by atoms with Crippen LogP contribution in [0.2, 0.25) is 0 Å². The van der Waals surface area contributed by atoms with Crippen LogP contribution in [0.25, 0.3) is 21.5 Å². The Bertz CT molecular complexity index is 1650. The fourth-order valence-corrected chi connectivity index (χ4v) is 4.77. The fourth-order valence-electron chi connectivity index (χ4n) is 3.34. The van der Waals surface area contributed by atoms with Gasteiger partial charge in [0.1, 0.15) is 26.9 Å². The van der Waals surface area contributed by atoms with E-state index >= 15 is 0 Å². The van der Waals surface area contributed by atoms with Crippen molar-refractivity contribution in [2.75, 3.05) is 0 Å². The molecule has 10 nitrogen and oxygen atoms in total. The summed E-state index contributed by atoms with van der Waals surface area (Å²) in [5, 5.41) is 28.9. The number of azo groups is 1. The topological polar surface area (TPSA) is 174 Å². The van der Waals surface area contributed by atoms with Gasteiger partial charge >= 0.3 is 0 Å². The van der Waals surface area contributed by atoms with Gasteiger partial charge in [0.25, 0.3) is 20.2 Å². The number of hydrogen-bond donors (Lipinski definition) is 4. The molecule has 0 heterocycles. The first-order valence-electron chi connectivity index (χ1n) is 8.84. The quantitative estimate of drug-likeness (QED) is 0.250. The van der Waals surface area contributed by atoms with Crippen molar-refractivity contribution in [3.8, 4) is 11.5 Å². The fraction of sp³-hybridized carbons (Fsp3) is 0. The Hall–Kier alpha value is -3.58. The number of benzene rings is 4. The molecule has 0 aliphatic rings. The van der Waals surface area contributed by atoms with Crippen LogP contribution in [0.1, 0.15) is 0 Å². The molecule has 0 saturated heterocycles. The van der Waals surface area contributed by atoms with Crippen molar-refractivity contribution >= 4 is 53.2 Å². The monoisotopic (exact) mass is 474 g/mol. The molecule has 0 saturated carbocycles. The lowest BCUT2D eigenvalue weighted by molar-refractivity contribution is 0.468. The van der Waals surface area contributed by atoms with E-state index in [1.807, 2.05) is 0 Å². The summed E-state index contributed by atoms with van der Waals surface area (Å²) in [7, 11) is -9.33. The molecule has 0 radical (unpaired) electrons. The van der Waals surface area contributed by atoms with Crippen LogP contribution in [0, 0.1) is 0 Å². The Kier molecular flexibility index (Phi) is 5.09. The van der Waals surface area contributed by atoms with E-state index in [4.69, 9.17) is 0 Å². The molecule has 0 unspecified atom stereocenters. The maximum Gasteiger partial charge on any atom is 0.295 e. The molecule has 0 fully saturated rings. The number of phenols is 2. The molecule has 0 aromatic heterocycles. The summed E-state index contributed by atoms with van der Waals surface area (Å²) in [5.74, 6) is -1.05. The van der Waals surface area contributed by atoms with Gasteiger partial charge in [-0.1, -0.05) is 48.5 Å². The summed E-state index contributed by atoms with van der Waals surface area (Å²) >= 11 is 0. The van der Waals surface area contributed by atoms with Gasteiger partial charge in [-0.25, -0.2) is 0 Å². The average Bonchev–Trinajstić information content (AvgIpc) is 2.72. The highest BCUT2D eigenvalue weighted by Gasteiger charge is 2.21. The Balaban J connectivity index is 1.97. The van der Waals surface area contributed by atoms with E-state index in [-0.39, 0.29) is 32.9 Å². The van der Waals surface area contributed by atoms with Crippen LogP contribution in [-0.2, 0) is 20.2 Å². The van der Waals surface area contributed by atoms with Crippen LogP contribution in [0.15, 0.2) is 80.7 Å². The molecule has 0 aliphatic carbocycles. The Morgan fingerprint density at radius 3 is 1.66 bits per heavy atom. The van der Waals surface area contributed by atoms with E-state index in [0.717, 1.165) is 12.1 Å². The maximum absolute atomic E-state index is 11.8. The van der Waals surface area contributed by atoms with Gasteiger partial charge in [-0.05, 0) is 6.07 Å². The minimum atomic E-state index is -4.67. The molecule has 0 amide bonds. The van der Waals surface area contributed by atoms with Crippen LogP contribution < -0.4 is 0 Å². The van der Waals surface area contributed by atoms with Crippen molar-refractivity contribution in [3.05, 3.63) is 60.7 Å². The Morgan fingerprint density at radius 1 is 0.625 bits per heavy atom. The molecule has 164 valence electrons. The zero-order chi connectivity index (χ0) is 23.3.